The Morgan fingerprint density at radius 3 is 2.63 bits per heavy atom. The van der Waals surface area contributed by atoms with Gasteiger partial charge in [-0.2, -0.15) is 5.10 Å². The van der Waals surface area contributed by atoms with E-state index in [-0.39, 0.29) is 11.8 Å². The minimum absolute atomic E-state index is 0.107. The lowest BCUT2D eigenvalue weighted by molar-refractivity contribution is -0.122. The molecule has 0 saturated heterocycles. The molecule has 0 unspecified atom stereocenters. The Balaban J connectivity index is 1.32. The molecule has 0 spiro atoms. The van der Waals surface area contributed by atoms with Crippen molar-refractivity contribution < 1.29 is 9.32 Å². The quantitative estimate of drug-likeness (QED) is 0.650. The van der Waals surface area contributed by atoms with Crippen molar-refractivity contribution >= 4 is 5.91 Å². The summed E-state index contributed by atoms with van der Waals surface area (Å²) in [6.45, 7) is 4.65. The summed E-state index contributed by atoms with van der Waals surface area (Å²) in [6.07, 6.45) is 6.36. The van der Waals surface area contributed by atoms with Crippen molar-refractivity contribution in [1.82, 2.24) is 20.3 Å². The molecule has 0 aliphatic heterocycles. The zero-order valence-corrected chi connectivity index (χ0v) is 18.0. The third-order valence-electron chi connectivity index (χ3n) is 6.24. The van der Waals surface area contributed by atoms with Gasteiger partial charge < -0.3 is 9.84 Å². The highest BCUT2D eigenvalue weighted by Crippen LogP contribution is 2.39. The summed E-state index contributed by atoms with van der Waals surface area (Å²) in [5, 5.41) is 11.9. The maximum atomic E-state index is 12.5. The van der Waals surface area contributed by atoms with E-state index in [1.165, 1.54) is 0 Å². The van der Waals surface area contributed by atoms with Crippen LogP contribution in [0, 0.1) is 12.8 Å². The van der Waals surface area contributed by atoms with Gasteiger partial charge in [0.15, 0.2) is 5.76 Å². The Morgan fingerprint density at radius 2 is 1.97 bits per heavy atom. The molecule has 1 amide bonds. The Morgan fingerprint density at radius 1 is 1.23 bits per heavy atom. The third-order valence-corrected chi connectivity index (χ3v) is 6.24. The molecule has 1 fully saturated rings. The minimum atomic E-state index is -0.121. The summed E-state index contributed by atoms with van der Waals surface area (Å²) in [5.41, 5.74) is 4.09. The molecule has 1 atom stereocenters. The van der Waals surface area contributed by atoms with Crippen LogP contribution < -0.4 is 5.32 Å². The molecule has 2 aromatic heterocycles. The van der Waals surface area contributed by atoms with Crippen LogP contribution in [-0.4, -0.2) is 27.4 Å². The van der Waals surface area contributed by atoms with Gasteiger partial charge in [0.05, 0.1) is 22.9 Å². The molecule has 0 radical (unpaired) electrons. The second-order valence-corrected chi connectivity index (χ2v) is 8.53. The molecule has 4 rings (SSSR count). The molecule has 1 N–H and O–H groups in total. The second-order valence-electron chi connectivity index (χ2n) is 8.53. The summed E-state index contributed by atoms with van der Waals surface area (Å²) in [7, 11) is 1.95. The van der Waals surface area contributed by atoms with E-state index in [2.05, 4.69) is 10.5 Å². The third kappa shape index (κ3) is 4.48. The standard InChI is InChI=1S/C24H30N4O2/c1-16-13-22(30-27-16)21-15-28(3)26-23(21)20-11-9-18(10-12-20)14-25-24(29)17(2)19-7-5-4-6-8-19/h4-8,13,15,17-18,20H,9-12,14H2,1-3H3,(H,25,29)/t17-,18?,20?/m1/s1. The fourth-order valence-corrected chi connectivity index (χ4v) is 4.42. The predicted octanol–water partition coefficient (Wildman–Crippen LogP) is 4.58. The topological polar surface area (TPSA) is 73.0 Å². The van der Waals surface area contributed by atoms with Crippen LogP contribution in [0.15, 0.2) is 47.1 Å². The normalized spacial score (nSPS) is 20.1. The van der Waals surface area contributed by atoms with E-state index in [0.717, 1.165) is 60.5 Å². The average Bonchev–Trinajstić information content (AvgIpc) is 3.37. The highest BCUT2D eigenvalue weighted by Gasteiger charge is 2.28. The van der Waals surface area contributed by atoms with Gasteiger partial charge in [-0.15, -0.1) is 0 Å². The first-order valence-corrected chi connectivity index (χ1v) is 10.8. The van der Waals surface area contributed by atoms with Crippen LogP contribution in [0.5, 0.6) is 0 Å². The number of aromatic nitrogens is 3. The zero-order valence-electron chi connectivity index (χ0n) is 18.0. The molecule has 6 nitrogen and oxygen atoms in total. The highest BCUT2D eigenvalue weighted by atomic mass is 16.5. The van der Waals surface area contributed by atoms with Crippen LogP contribution in [0.2, 0.25) is 0 Å². The monoisotopic (exact) mass is 406 g/mol. The van der Waals surface area contributed by atoms with Crippen LogP contribution >= 0.6 is 0 Å². The maximum absolute atomic E-state index is 12.5. The van der Waals surface area contributed by atoms with Crippen LogP contribution in [0.3, 0.4) is 0 Å². The molecule has 1 aromatic carbocycles. The first-order chi connectivity index (χ1) is 14.5. The number of benzene rings is 1. The van der Waals surface area contributed by atoms with Gasteiger partial charge in [0, 0.05) is 31.8 Å². The van der Waals surface area contributed by atoms with Crippen molar-refractivity contribution in [1.29, 1.82) is 0 Å². The van der Waals surface area contributed by atoms with Gasteiger partial charge >= 0.3 is 0 Å². The van der Waals surface area contributed by atoms with Crippen molar-refractivity contribution in [3.05, 3.63) is 59.5 Å². The van der Waals surface area contributed by atoms with Crippen LogP contribution in [0.1, 0.15) is 61.4 Å². The van der Waals surface area contributed by atoms with Gasteiger partial charge in [-0.05, 0) is 51.0 Å². The van der Waals surface area contributed by atoms with Gasteiger partial charge in [-0.25, -0.2) is 0 Å². The number of carbonyl (C=O) groups is 1. The van der Waals surface area contributed by atoms with E-state index in [4.69, 9.17) is 9.62 Å². The zero-order chi connectivity index (χ0) is 21.1. The van der Waals surface area contributed by atoms with Crippen molar-refractivity contribution in [2.24, 2.45) is 13.0 Å². The molecule has 30 heavy (non-hydrogen) atoms. The van der Waals surface area contributed by atoms with Crippen molar-refractivity contribution in [2.45, 2.75) is 51.4 Å². The predicted molar refractivity (Wildman–Crippen MR) is 116 cm³/mol. The van der Waals surface area contributed by atoms with Crippen molar-refractivity contribution in [3.8, 4) is 11.3 Å². The van der Waals surface area contributed by atoms with Crippen LogP contribution in [0.25, 0.3) is 11.3 Å². The van der Waals surface area contributed by atoms with Gasteiger partial charge in [0.1, 0.15) is 0 Å². The number of nitrogens with zero attached hydrogens (tertiary/aromatic N) is 3. The lowest BCUT2D eigenvalue weighted by atomic mass is 9.79. The van der Waals surface area contributed by atoms with Crippen LogP contribution in [0.4, 0.5) is 0 Å². The molecule has 1 aliphatic carbocycles. The van der Waals surface area contributed by atoms with Crippen molar-refractivity contribution in [2.75, 3.05) is 6.54 Å². The van der Waals surface area contributed by atoms with E-state index < -0.39 is 0 Å². The molecule has 1 aliphatic rings. The molecular formula is C24H30N4O2. The van der Waals surface area contributed by atoms with E-state index >= 15 is 0 Å². The molecule has 1 saturated carbocycles. The molecular weight excluding hydrogens is 376 g/mol. The minimum Gasteiger partial charge on any atom is -0.356 e. The second kappa shape index (κ2) is 8.86. The summed E-state index contributed by atoms with van der Waals surface area (Å²) >= 11 is 0. The lowest BCUT2D eigenvalue weighted by Crippen LogP contribution is -2.33. The number of hydrogen-bond acceptors (Lipinski definition) is 4. The molecule has 2 heterocycles. The number of aryl methyl sites for hydroxylation is 2. The number of amides is 1. The summed E-state index contributed by atoms with van der Waals surface area (Å²) in [5.74, 6) is 1.72. The first-order valence-electron chi connectivity index (χ1n) is 10.8. The lowest BCUT2D eigenvalue weighted by Gasteiger charge is -2.28. The summed E-state index contributed by atoms with van der Waals surface area (Å²) in [4.78, 5) is 12.5. The van der Waals surface area contributed by atoms with Gasteiger partial charge in [0.25, 0.3) is 0 Å². The van der Waals surface area contributed by atoms with E-state index in [0.29, 0.717) is 11.8 Å². The van der Waals surface area contributed by atoms with Gasteiger partial charge in [0.2, 0.25) is 5.91 Å². The molecule has 158 valence electrons. The van der Waals surface area contributed by atoms with E-state index in [9.17, 15) is 4.79 Å². The van der Waals surface area contributed by atoms with Gasteiger partial charge in [-0.1, -0.05) is 35.5 Å². The Bertz CT molecular complexity index is 984. The highest BCUT2D eigenvalue weighted by molar-refractivity contribution is 5.83. The smallest absolute Gasteiger partial charge is 0.227 e. The van der Waals surface area contributed by atoms with Crippen molar-refractivity contribution in [3.63, 3.8) is 0 Å². The SMILES string of the molecule is Cc1cc(-c2cn(C)nc2C2CCC(CNC(=O)[C@H](C)c3ccccc3)CC2)on1. The van der Waals surface area contributed by atoms with E-state index in [1.54, 1.807) is 0 Å². The Labute approximate surface area is 177 Å². The van der Waals surface area contributed by atoms with Crippen LogP contribution in [-0.2, 0) is 11.8 Å². The largest absolute Gasteiger partial charge is 0.356 e. The molecule has 3 aromatic rings. The van der Waals surface area contributed by atoms with E-state index in [1.807, 2.05) is 68.2 Å². The Kier molecular flexibility index (Phi) is 6.02. The average molecular weight is 407 g/mol. The number of rotatable bonds is 6. The molecule has 6 heteroatoms. The number of hydrogen-bond donors (Lipinski definition) is 1. The number of nitrogens with one attached hydrogen (secondary N) is 1. The van der Waals surface area contributed by atoms with Gasteiger partial charge in [-0.3, -0.25) is 9.48 Å². The number of carbonyl (C=O) groups excluding carboxylic acids is 1. The molecule has 0 bridgehead atoms. The maximum Gasteiger partial charge on any atom is 0.227 e. The summed E-state index contributed by atoms with van der Waals surface area (Å²) in [6, 6.07) is 11.9. The Hall–Kier alpha value is -2.89. The fraction of sp³-hybridized carbons (Fsp3) is 0.458. The first kappa shape index (κ1) is 20.4. The fourth-order valence-electron chi connectivity index (χ4n) is 4.42. The summed E-state index contributed by atoms with van der Waals surface area (Å²) < 4.78 is 7.35.